The van der Waals surface area contributed by atoms with E-state index in [2.05, 4.69) is 54.8 Å². The molecule has 3 aromatic carbocycles. The van der Waals surface area contributed by atoms with Crippen LogP contribution in [0.5, 0.6) is 0 Å². The normalized spacial score (nSPS) is 14.2. The minimum atomic E-state index is -0.579. The van der Waals surface area contributed by atoms with E-state index in [1.807, 2.05) is 51.1 Å². The summed E-state index contributed by atoms with van der Waals surface area (Å²) in [6.07, 6.45) is 1.54. The third-order valence-electron chi connectivity index (χ3n) is 9.44. The summed E-state index contributed by atoms with van der Waals surface area (Å²) >= 11 is 6.59. The largest absolute Gasteiger partial charge is 0.460 e. The van der Waals surface area contributed by atoms with E-state index in [4.69, 9.17) is 20.8 Å². The van der Waals surface area contributed by atoms with Gasteiger partial charge in [0, 0.05) is 50.2 Å². The van der Waals surface area contributed by atoms with E-state index < -0.39 is 5.60 Å². The Morgan fingerprint density at radius 3 is 2.30 bits per heavy atom. The molecule has 0 unspecified atom stereocenters. The summed E-state index contributed by atoms with van der Waals surface area (Å²) in [7, 11) is 0. The molecule has 1 aliphatic rings. The molecule has 0 spiro atoms. The van der Waals surface area contributed by atoms with E-state index in [0.717, 1.165) is 16.9 Å². The second-order valence-electron chi connectivity index (χ2n) is 14.9. The van der Waals surface area contributed by atoms with E-state index in [1.165, 1.54) is 11.1 Å². The van der Waals surface area contributed by atoms with Gasteiger partial charge in [-0.1, -0.05) is 53.6 Å². The van der Waals surface area contributed by atoms with Crippen molar-refractivity contribution in [2.45, 2.75) is 84.5 Å². The second kappa shape index (κ2) is 18.3. The lowest BCUT2D eigenvalue weighted by Crippen LogP contribution is -2.51. The van der Waals surface area contributed by atoms with Gasteiger partial charge >= 0.3 is 6.09 Å². The fourth-order valence-electron chi connectivity index (χ4n) is 6.32. The van der Waals surface area contributed by atoms with E-state index in [9.17, 15) is 19.6 Å². The zero-order chi connectivity index (χ0) is 38.8. The highest BCUT2D eigenvalue weighted by Gasteiger charge is 2.28. The molecule has 54 heavy (non-hydrogen) atoms. The Morgan fingerprint density at radius 2 is 1.63 bits per heavy atom. The molecule has 10 nitrogen and oxygen atoms in total. The number of halogens is 1. The molecular weight excluding hydrogens is 702 g/mol. The van der Waals surface area contributed by atoms with Crippen LogP contribution in [0.3, 0.4) is 0 Å². The molecule has 5 rings (SSSR count). The number of ether oxygens (including phenoxy) is 1. The molecule has 11 heteroatoms. The number of nitrogens with one attached hydrogen (secondary N) is 2. The number of carbonyl (C=O) groups excluding carboxylic acids is 3. The predicted octanol–water partition coefficient (Wildman–Crippen LogP) is 8.22. The lowest BCUT2D eigenvalue weighted by molar-refractivity contribution is -0.133. The van der Waals surface area contributed by atoms with Crippen LogP contribution in [0, 0.1) is 18.3 Å². The molecule has 1 aromatic heterocycles. The Hall–Kier alpha value is -5.11. The highest BCUT2D eigenvalue weighted by atomic mass is 35.5. The van der Waals surface area contributed by atoms with Gasteiger partial charge in [-0.15, -0.1) is 0 Å². The smallest absolute Gasteiger partial charge is 0.410 e. The summed E-state index contributed by atoms with van der Waals surface area (Å²) in [6, 6.07) is 26.8. The van der Waals surface area contributed by atoms with Gasteiger partial charge in [0.2, 0.25) is 5.91 Å². The number of carbonyl (C=O) groups is 3. The van der Waals surface area contributed by atoms with Gasteiger partial charge in [-0.3, -0.25) is 9.59 Å². The highest BCUT2D eigenvalue weighted by Crippen LogP contribution is 2.28. The van der Waals surface area contributed by atoms with Crippen LogP contribution in [-0.2, 0) is 22.5 Å². The third-order valence-corrected chi connectivity index (χ3v) is 9.77. The van der Waals surface area contributed by atoms with Crippen molar-refractivity contribution in [2.24, 2.45) is 0 Å². The standard InChI is InChI=1S/C43H50ClN5O5/c1-29-9-15-33(16-10-29)30(2)46-28-36-18-20-39(53-36)34-17-19-38(44)37(26-34)41(51)47-35(25-31-11-13-32(27-45)14-12-31)7-6-8-40(50)48-21-23-49(24-22-48)42(52)54-43(3,4)5/h9-20,26,30,35,46H,6-8,21-25,28H2,1-5H3,(H,47,51)/t30-,35+/m1/s1. The van der Waals surface area contributed by atoms with Gasteiger partial charge in [-0.05, 0) is 107 Å². The van der Waals surface area contributed by atoms with Gasteiger partial charge < -0.3 is 29.6 Å². The van der Waals surface area contributed by atoms with Crippen molar-refractivity contribution >= 4 is 29.5 Å². The van der Waals surface area contributed by atoms with Crippen molar-refractivity contribution in [1.29, 1.82) is 5.26 Å². The number of rotatable bonds is 13. The molecule has 2 atom stereocenters. The first-order valence-corrected chi connectivity index (χ1v) is 18.9. The average Bonchev–Trinajstić information content (AvgIpc) is 3.63. The molecule has 1 aliphatic heterocycles. The number of piperazine rings is 1. The van der Waals surface area contributed by atoms with Gasteiger partial charge in [0.1, 0.15) is 17.1 Å². The summed E-state index contributed by atoms with van der Waals surface area (Å²) in [6.45, 7) is 11.9. The van der Waals surface area contributed by atoms with Crippen molar-refractivity contribution in [3.63, 3.8) is 0 Å². The summed E-state index contributed by atoms with van der Waals surface area (Å²) in [4.78, 5) is 42.8. The van der Waals surface area contributed by atoms with Gasteiger partial charge in [0.15, 0.2) is 0 Å². The number of hydrogen-bond donors (Lipinski definition) is 2. The second-order valence-corrected chi connectivity index (χ2v) is 15.3. The molecule has 2 N–H and O–H groups in total. The van der Waals surface area contributed by atoms with E-state index in [1.54, 1.807) is 34.1 Å². The summed E-state index contributed by atoms with van der Waals surface area (Å²) in [5.41, 5.74) is 4.39. The Bertz CT molecular complexity index is 1940. The van der Waals surface area contributed by atoms with E-state index in [0.29, 0.717) is 80.3 Å². The molecule has 0 saturated carbocycles. The molecule has 0 aliphatic carbocycles. The number of furan rings is 1. The lowest BCUT2D eigenvalue weighted by Gasteiger charge is -2.35. The minimum Gasteiger partial charge on any atom is -0.460 e. The number of hydrogen-bond acceptors (Lipinski definition) is 7. The van der Waals surface area contributed by atoms with E-state index in [-0.39, 0.29) is 30.0 Å². The first-order valence-electron chi connectivity index (χ1n) is 18.5. The average molecular weight is 752 g/mol. The molecule has 0 radical (unpaired) electrons. The van der Waals surface area contributed by atoms with Crippen LogP contribution in [0.15, 0.2) is 83.3 Å². The molecule has 2 heterocycles. The van der Waals surface area contributed by atoms with Crippen molar-refractivity contribution < 1.29 is 23.5 Å². The molecule has 3 amide bonds. The summed E-state index contributed by atoms with van der Waals surface area (Å²) in [5.74, 6) is 1.08. The first kappa shape index (κ1) is 40.1. The minimum absolute atomic E-state index is 0.00987. The van der Waals surface area contributed by atoms with Crippen LogP contribution in [0.2, 0.25) is 5.02 Å². The quantitative estimate of drug-likeness (QED) is 0.141. The monoisotopic (exact) mass is 751 g/mol. The molecular formula is C43H50ClN5O5. The molecule has 284 valence electrons. The zero-order valence-corrected chi connectivity index (χ0v) is 32.5. The van der Waals surface area contributed by atoms with Crippen LogP contribution in [0.25, 0.3) is 11.3 Å². The number of benzene rings is 3. The summed E-state index contributed by atoms with van der Waals surface area (Å²) in [5, 5.41) is 16.2. The van der Waals surface area contributed by atoms with Crippen LogP contribution in [-0.4, -0.2) is 65.5 Å². The van der Waals surface area contributed by atoms with Crippen molar-refractivity contribution in [2.75, 3.05) is 26.2 Å². The Morgan fingerprint density at radius 1 is 0.944 bits per heavy atom. The van der Waals surface area contributed by atoms with Gasteiger partial charge in [-0.25, -0.2) is 4.79 Å². The molecule has 4 aromatic rings. The zero-order valence-electron chi connectivity index (χ0n) is 31.8. The fraction of sp³-hybridized carbons (Fsp3) is 0.395. The summed E-state index contributed by atoms with van der Waals surface area (Å²) < 4.78 is 11.6. The molecule has 1 fully saturated rings. The Kier molecular flexibility index (Phi) is 13.6. The predicted molar refractivity (Wildman–Crippen MR) is 210 cm³/mol. The topological polar surface area (TPSA) is 128 Å². The first-order chi connectivity index (χ1) is 25.8. The van der Waals surface area contributed by atoms with Crippen molar-refractivity contribution in [3.8, 4) is 17.4 Å². The van der Waals surface area contributed by atoms with Crippen molar-refractivity contribution in [1.82, 2.24) is 20.4 Å². The molecule has 0 bridgehead atoms. The highest BCUT2D eigenvalue weighted by molar-refractivity contribution is 6.34. The molecule has 1 saturated heterocycles. The van der Waals surface area contributed by atoms with Crippen LogP contribution in [0.4, 0.5) is 4.79 Å². The SMILES string of the molecule is Cc1ccc([C@@H](C)NCc2ccc(-c3ccc(Cl)c(C(=O)N[C@@H](CCCC(=O)N4CCN(C(=O)OC(C)(C)C)CC4)Cc4ccc(C#N)cc4)c3)o2)cc1. The van der Waals surface area contributed by atoms with E-state index >= 15 is 0 Å². The maximum Gasteiger partial charge on any atom is 0.410 e. The number of aryl methyl sites for hydroxylation is 1. The number of amides is 3. The maximum absolute atomic E-state index is 13.8. The Balaban J connectivity index is 1.20. The van der Waals surface area contributed by atoms with Crippen LogP contribution < -0.4 is 10.6 Å². The fourth-order valence-corrected chi connectivity index (χ4v) is 6.52. The van der Waals surface area contributed by atoms with Crippen LogP contribution >= 0.6 is 11.6 Å². The van der Waals surface area contributed by atoms with Crippen molar-refractivity contribution in [3.05, 3.63) is 117 Å². The maximum atomic E-state index is 13.8. The lowest BCUT2D eigenvalue weighted by atomic mass is 9.99. The van der Waals surface area contributed by atoms with Crippen LogP contribution in [0.1, 0.15) is 91.4 Å². The Labute approximate surface area is 323 Å². The third kappa shape index (κ3) is 11.4. The van der Waals surface area contributed by atoms with Gasteiger partial charge in [0.25, 0.3) is 5.91 Å². The number of nitriles is 1. The number of nitrogens with zero attached hydrogens (tertiary/aromatic N) is 3. The van der Waals surface area contributed by atoms with Gasteiger partial charge in [-0.2, -0.15) is 5.26 Å². The van der Waals surface area contributed by atoms with Gasteiger partial charge in [0.05, 0.1) is 28.8 Å².